The highest BCUT2D eigenvalue weighted by Crippen LogP contribution is 2.17. The number of nitrogen functional groups attached to an aromatic ring is 1. The molecule has 0 spiro atoms. The lowest BCUT2D eigenvalue weighted by atomic mass is 10.2. The summed E-state index contributed by atoms with van der Waals surface area (Å²) in [5, 5.41) is 6.74. The molecular formula is C17H15FN4O3. The second-order valence-corrected chi connectivity index (χ2v) is 5.33. The Bertz CT molecular complexity index is 934. The molecule has 3 rings (SSSR count). The maximum Gasteiger partial charge on any atom is 0.290 e. The summed E-state index contributed by atoms with van der Waals surface area (Å²) >= 11 is 0. The van der Waals surface area contributed by atoms with Gasteiger partial charge in [0.25, 0.3) is 5.56 Å². The summed E-state index contributed by atoms with van der Waals surface area (Å²) in [6.45, 7) is -0.0833. The van der Waals surface area contributed by atoms with Gasteiger partial charge in [0.15, 0.2) is 5.76 Å². The molecule has 2 heterocycles. The van der Waals surface area contributed by atoms with Crippen LogP contribution in [0.3, 0.4) is 0 Å². The minimum absolute atomic E-state index is 0.0345. The first kappa shape index (κ1) is 16.4. The molecule has 1 amide bonds. The average Bonchev–Trinajstić information content (AvgIpc) is 3.13. The van der Waals surface area contributed by atoms with E-state index in [2.05, 4.69) is 10.4 Å². The predicted molar refractivity (Wildman–Crippen MR) is 88.9 cm³/mol. The summed E-state index contributed by atoms with van der Waals surface area (Å²) in [7, 11) is 0. The average molecular weight is 342 g/mol. The summed E-state index contributed by atoms with van der Waals surface area (Å²) in [5.74, 6) is -0.335. The number of hydrogen-bond acceptors (Lipinski definition) is 5. The molecule has 0 fully saturated rings. The lowest BCUT2D eigenvalue weighted by molar-refractivity contribution is -0.122. The van der Waals surface area contributed by atoms with Crippen LogP contribution in [0, 0.1) is 5.82 Å². The highest BCUT2D eigenvalue weighted by molar-refractivity contribution is 5.75. The number of benzene rings is 1. The molecule has 3 aromatic rings. The standard InChI is InChI=1S/C17H15FN4O3/c18-12-5-3-11(4-6-12)9-20-16(23)10-22-17(24)13(19)8-14(21-22)15-2-1-7-25-15/h1-8H,9-10,19H2,(H,20,23). The van der Waals surface area contributed by atoms with Crippen molar-refractivity contribution >= 4 is 11.6 Å². The zero-order chi connectivity index (χ0) is 17.8. The molecular weight excluding hydrogens is 327 g/mol. The van der Waals surface area contributed by atoms with Crippen molar-refractivity contribution in [2.24, 2.45) is 0 Å². The number of halogens is 1. The zero-order valence-corrected chi connectivity index (χ0v) is 13.1. The van der Waals surface area contributed by atoms with Gasteiger partial charge in [-0.15, -0.1) is 0 Å². The molecule has 0 aliphatic rings. The van der Waals surface area contributed by atoms with Gasteiger partial charge in [0, 0.05) is 6.54 Å². The second kappa shape index (κ2) is 7.00. The van der Waals surface area contributed by atoms with Crippen molar-refractivity contribution in [3.63, 3.8) is 0 Å². The van der Waals surface area contributed by atoms with Crippen molar-refractivity contribution in [3.8, 4) is 11.5 Å². The van der Waals surface area contributed by atoms with Crippen LogP contribution in [0.1, 0.15) is 5.56 Å². The van der Waals surface area contributed by atoms with E-state index < -0.39 is 11.5 Å². The van der Waals surface area contributed by atoms with E-state index in [9.17, 15) is 14.0 Å². The quantitative estimate of drug-likeness (QED) is 0.732. The molecule has 128 valence electrons. The number of carbonyl (C=O) groups is 1. The van der Waals surface area contributed by atoms with E-state index in [1.54, 1.807) is 24.3 Å². The van der Waals surface area contributed by atoms with E-state index in [0.29, 0.717) is 11.5 Å². The molecule has 0 atom stereocenters. The van der Waals surface area contributed by atoms with Crippen LogP contribution in [0.15, 0.2) is 57.9 Å². The fourth-order valence-corrected chi connectivity index (χ4v) is 2.21. The van der Waals surface area contributed by atoms with Crippen molar-refractivity contribution in [2.75, 3.05) is 5.73 Å². The molecule has 0 aliphatic carbocycles. The van der Waals surface area contributed by atoms with E-state index in [0.717, 1.165) is 10.2 Å². The van der Waals surface area contributed by atoms with Gasteiger partial charge in [-0.25, -0.2) is 9.07 Å². The Hall–Kier alpha value is -3.42. The minimum Gasteiger partial charge on any atom is -0.463 e. The van der Waals surface area contributed by atoms with Gasteiger partial charge < -0.3 is 15.5 Å². The molecule has 7 nitrogen and oxygen atoms in total. The molecule has 0 saturated carbocycles. The van der Waals surface area contributed by atoms with Crippen molar-refractivity contribution in [1.82, 2.24) is 15.1 Å². The third-order valence-corrected chi connectivity index (χ3v) is 3.47. The van der Waals surface area contributed by atoms with Gasteiger partial charge in [-0.1, -0.05) is 12.1 Å². The number of nitrogens with zero attached hydrogens (tertiary/aromatic N) is 2. The number of aromatic nitrogens is 2. The van der Waals surface area contributed by atoms with E-state index >= 15 is 0 Å². The van der Waals surface area contributed by atoms with Crippen LogP contribution in [0.4, 0.5) is 10.1 Å². The van der Waals surface area contributed by atoms with Crippen LogP contribution in [-0.2, 0) is 17.9 Å². The molecule has 25 heavy (non-hydrogen) atoms. The highest BCUT2D eigenvalue weighted by Gasteiger charge is 2.12. The first-order valence-electron chi connectivity index (χ1n) is 7.45. The third-order valence-electron chi connectivity index (χ3n) is 3.47. The van der Waals surface area contributed by atoms with Gasteiger partial charge in [-0.3, -0.25) is 9.59 Å². The van der Waals surface area contributed by atoms with Crippen LogP contribution < -0.4 is 16.6 Å². The number of nitrogens with two attached hydrogens (primary N) is 1. The molecule has 8 heteroatoms. The third kappa shape index (κ3) is 3.92. The monoisotopic (exact) mass is 342 g/mol. The van der Waals surface area contributed by atoms with Crippen LogP contribution >= 0.6 is 0 Å². The van der Waals surface area contributed by atoms with Crippen molar-refractivity contribution in [3.05, 3.63) is 70.5 Å². The fraction of sp³-hybridized carbons (Fsp3) is 0.118. The van der Waals surface area contributed by atoms with Gasteiger partial charge in [0.1, 0.15) is 23.7 Å². The van der Waals surface area contributed by atoms with Crippen molar-refractivity contribution < 1.29 is 13.6 Å². The summed E-state index contributed by atoms with van der Waals surface area (Å²) in [6.07, 6.45) is 1.47. The predicted octanol–water partition coefficient (Wildman–Crippen LogP) is 1.54. The summed E-state index contributed by atoms with van der Waals surface area (Å²) < 4.78 is 19.1. The smallest absolute Gasteiger partial charge is 0.290 e. The molecule has 1 aromatic carbocycles. The number of carbonyl (C=O) groups excluding carboxylic acids is 1. The fourth-order valence-electron chi connectivity index (χ4n) is 2.21. The maximum atomic E-state index is 12.9. The summed E-state index contributed by atoms with van der Waals surface area (Å²) in [4.78, 5) is 24.1. The van der Waals surface area contributed by atoms with Crippen LogP contribution in [0.2, 0.25) is 0 Å². The lowest BCUT2D eigenvalue weighted by Gasteiger charge is -2.09. The van der Waals surface area contributed by atoms with Crippen LogP contribution in [-0.4, -0.2) is 15.7 Å². The molecule has 0 radical (unpaired) electrons. The minimum atomic E-state index is -0.563. The molecule has 0 unspecified atom stereocenters. The molecule has 0 bridgehead atoms. The number of amides is 1. The van der Waals surface area contributed by atoms with Crippen LogP contribution in [0.5, 0.6) is 0 Å². The maximum absolute atomic E-state index is 12.9. The molecule has 0 saturated heterocycles. The van der Waals surface area contributed by atoms with Crippen molar-refractivity contribution in [2.45, 2.75) is 13.1 Å². The molecule has 2 aromatic heterocycles. The van der Waals surface area contributed by atoms with Gasteiger partial charge >= 0.3 is 0 Å². The van der Waals surface area contributed by atoms with Crippen LogP contribution in [0.25, 0.3) is 11.5 Å². The highest BCUT2D eigenvalue weighted by atomic mass is 19.1. The van der Waals surface area contributed by atoms with Gasteiger partial charge in [0.2, 0.25) is 5.91 Å². The number of nitrogens with one attached hydrogen (secondary N) is 1. The van der Waals surface area contributed by atoms with E-state index in [4.69, 9.17) is 10.2 Å². The number of furan rings is 1. The Morgan fingerprint density at radius 1 is 1.28 bits per heavy atom. The SMILES string of the molecule is Nc1cc(-c2ccco2)nn(CC(=O)NCc2ccc(F)cc2)c1=O. The summed E-state index contributed by atoms with van der Waals surface area (Å²) in [5.41, 5.74) is 6.19. The topological polar surface area (TPSA) is 103 Å². The Morgan fingerprint density at radius 2 is 2.04 bits per heavy atom. The van der Waals surface area contributed by atoms with Gasteiger partial charge in [0.05, 0.1) is 6.26 Å². The number of hydrogen-bond donors (Lipinski definition) is 2. The first-order chi connectivity index (χ1) is 12.0. The first-order valence-corrected chi connectivity index (χ1v) is 7.45. The number of anilines is 1. The Labute approximate surface area is 141 Å². The molecule has 0 aliphatic heterocycles. The Balaban J connectivity index is 1.72. The number of rotatable bonds is 5. The lowest BCUT2D eigenvalue weighted by Crippen LogP contribution is -2.34. The zero-order valence-electron chi connectivity index (χ0n) is 13.1. The second-order valence-electron chi connectivity index (χ2n) is 5.33. The van der Waals surface area contributed by atoms with Gasteiger partial charge in [-0.05, 0) is 35.9 Å². The molecule has 3 N–H and O–H groups in total. The Kier molecular flexibility index (Phi) is 4.60. The normalized spacial score (nSPS) is 10.6. The van der Waals surface area contributed by atoms with E-state index in [-0.39, 0.29) is 24.6 Å². The van der Waals surface area contributed by atoms with E-state index in [1.165, 1.54) is 24.5 Å². The Morgan fingerprint density at radius 3 is 2.72 bits per heavy atom. The van der Waals surface area contributed by atoms with Crippen molar-refractivity contribution in [1.29, 1.82) is 0 Å². The van der Waals surface area contributed by atoms with E-state index in [1.807, 2.05) is 0 Å². The summed E-state index contributed by atoms with van der Waals surface area (Å²) in [6, 6.07) is 10.5. The largest absolute Gasteiger partial charge is 0.463 e. The van der Waals surface area contributed by atoms with Gasteiger partial charge in [-0.2, -0.15) is 5.10 Å².